The molecule has 1 saturated heterocycles. The zero-order valence-corrected chi connectivity index (χ0v) is 16.9. The lowest BCUT2D eigenvalue weighted by molar-refractivity contribution is 0.617. The van der Waals surface area contributed by atoms with Crippen LogP contribution >= 0.6 is 11.6 Å². The van der Waals surface area contributed by atoms with Crippen molar-refractivity contribution in [1.29, 1.82) is 0 Å². The van der Waals surface area contributed by atoms with E-state index in [9.17, 15) is 4.39 Å². The number of aromatic amines is 1. The van der Waals surface area contributed by atoms with Crippen LogP contribution in [0.4, 0.5) is 21.6 Å². The first-order valence-corrected chi connectivity index (χ1v) is 9.91. The second-order valence-corrected chi connectivity index (χ2v) is 7.86. The molecule has 1 atom stereocenters. The topological polar surface area (TPSA) is 73.3 Å². The maximum absolute atomic E-state index is 14.4. The Morgan fingerprint density at radius 3 is 2.93 bits per heavy atom. The van der Waals surface area contributed by atoms with Gasteiger partial charge in [0.15, 0.2) is 17.3 Å². The average molecular weight is 414 g/mol. The highest BCUT2D eigenvalue weighted by Gasteiger charge is 2.23. The predicted octanol–water partition coefficient (Wildman–Crippen LogP) is 3.85. The quantitative estimate of drug-likeness (QED) is 0.474. The number of rotatable bonds is 4. The lowest BCUT2D eigenvalue weighted by Gasteiger charge is -2.19. The van der Waals surface area contributed by atoms with Crippen LogP contribution in [0.3, 0.4) is 0 Å². The molecule has 0 unspecified atom stereocenters. The van der Waals surface area contributed by atoms with Gasteiger partial charge in [-0.15, -0.1) is 0 Å². The molecular formula is C20H21ClFN7. The minimum atomic E-state index is -0.399. The van der Waals surface area contributed by atoms with Crippen LogP contribution in [0.15, 0.2) is 30.6 Å². The highest BCUT2D eigenvalue weighted by atomic mass is 35.5. The van der Waals surface area contributed by atoms with Crippen LogP contribution in [-0.2, 0) is 0 Å². The Balaban J connectivity index is 1.48. The Labute approximate surface area is 171 Å². The van der Waals surface area contributed by atoms with Crippen molar-refractivity contribution < 1.29 is 4.39 Å². The van der Waals surface area contributed by atoms with Gasteiger partial charge < -0.3 is 19.9 Å². The number of H-pyrrole nitrogens is 1. The largest absolute Gasteiger partial charge is 0.370 e. The van der Waals surface area contributed by atoms with Crippen LogP contribution in [0.1, 0.15) is 12.1 Å². The van der Waals surface area contributed by atoms with Gasteiger partial charge >= 0.3 is 0 Å². The van der Waals surface area contributed by atoms with Crippen LogP contribution in [0, 0.1) is 12.7 Å². The van der Waals surface area contributed by atoms with E-state index in [2.05, 4.69) is 36.8 Å². The number of imidazole rings is 1. The molecule has 0 radical (unpaired) electrons. The predicted molar refractivity (Wildman–Crippen MR) is 114 cm³/mol. The zero-order valence-electron chi connectivity index (χ0n) is 16.1. The molecule has 29 heavy (non-hydrogen) atoms. The van der Waals surface area contributed by atoms with Gasteiger partial charge in [-0.2, -0.15) is 5.10 Å². The van der Waals surface area contributed by atoms with E-state index in [0.29, 0.717) is 28.2 Å². The smallest absolute Gasteiger partial charge is 0.173 e. The number of hydrogen-bond donors (Lipinski definition) is 3. The van der Waals surface area contributed by atoms with E-state index >= 15 is 0 Å². The SMILES string of the molecule is CN[C@@H]1CCN(c2cc(Cl)c3c(Nc4cc(F)c5nc(C)cn5c4)n[nH]c3c2)C1. The third kappa shape index (κ3) is 3.18. The van der Waals surface area contributed by atoms with Gasteiger partial charge in [0.1, 0.15) is 0 Å². The maximum atomic E-state index is 14.4. The molecule has 0 spiro atoms. The molecule has 0 saturated carbocycles. The van der Waals surface area contributed by atoms with Gasteiger partial charge in [0.25, 0.3) is 0 Å². The summed E-state index contributed by atoms with van der Waals surface area (Å²) in [7, 11) is 1.99. The zero-order chi connectivity index (χ0) is 20.1. The van der Waals surface area contributed by atoms with Crippen LogP contribution in [0.5, 0.6) is 0 Å². The normalized spacial score (nSPS) is 17.0. The fourth-order valence-corrected chi connectivity index (χ4v) is 4.28. The number of pyridine rings is 1. The molecular weight excluding hydrogens is 393 g/mol. The second kappa shape index (κ2) is 6.89. The minimum absolute atomic E-state index is 0.299. The molecule has 1 fully saturated rings. The van der Waals surface area contributed by atoms with E-state index in [0.717, 1.165) is 41.8 Å². The van der Waals surface area contributed by atoms with Crippen molar-refractivity contribution in [1.82, 2.24) is 24.9 Å². The fraction of sp³-hybridized carbons (Fsp3) is 0.300. The Kier molecular flexibility index (Phi) is 4.33. The number of benzene rings is 1. The van der Waals surface area contributed by atoms with E-state index in [-0.39, 0.29) is 0 Å². The molecule has 1 aromatic carbocycles. The lowest BCUT2D eigenvalue weighted by Crippen LogP contribution is -2.29. The first-order valence-electron chi connectivity index (χ1n) is 9.53. The van der Waals surface area contributed by atoms with E-state index in [1.807, 2.05) is 20.0 Å². The second-order valence-electron chi connectivity index (χ2n) is 7.46. The number of hydrogen-bond acceptors (Lipinski definition) is 5. The van der Waals surface area contributed by atoms with Gasteiger partial charge in [-0.3, -0.25) is 5.10 Å². The highest BCUT2D eigenvalue weighted by molar-refractivity contribution is 6.36. The molecule has 3 N–H and O–H groups in total. The highest BCUT2D eigenvalue weighted by Crippen LogP contribution is 2.35. The van der Waals surface area contributed by atoms with Gasteiger partial charge in [-0.1, -0.05) is 11.6 Å². The summed E-state index contributed by atoms with van der Waals surface area (Å²) in [6.07, 6.45) is 4.66. The van der Waals surface area contributed by atoms with Gasteiger partial charge in [0, 0.05) is 43.3 Å². The van der Waals surface area contributed by atoms with Crippen LogP contribution in [0.25, 0.3) is 16.6 Å². The average Bonchev–Trinajstić information content (AvgIpc) is 3.40. The molecule has 1 aliphatic rings. The Bertz CT molecular complexity index is 1210. The molecule has 0 amide bonds. The van der Waals surface area contributed by atoms with Crippen molar-refractivity contribution in [3.63, 3.8) is 0 Å². The molecule has 9 heteroatoms. The summed E-state index contributed by atoms with van der Waals surface area (Å²) < 4.78 is 16.0. The summed E-state index contributed by atoms with van der Waals surface area (Å²) in [5.41, 5.74) is 3.52. The van der Waals surface area contributed by atoms with Gasteiger partial charge in [-0.25, -0.2) is 9.37 Å². The number of fused-ring (bicyclic) bond motifs is 2. The van der Waals surface area contributed by atoms with Crippen molar-refractivity contribution in [2.75, 3.05) is 30.4 Å². The summed E-state index contributed by atoms with van der Waals surface area (Å²) in [6.45, 7) is 3.76. The van der Waals surface area contributed by atoms with Gasteiger partial charge in [0.2, 0.25) is 0 Å². The standard InChI is InChI=1S/C20H21ClFN7/c1-11-8-29-10-13(5-16(22)20(29)24-11)25-19-18-15(21)6-14(7-17(18)26-27-19)28-4-3-12(9-28)23-2/h5-8,10,12,23H,3-4,9H2,1-2H3,(H2,25,26,27)/t12-/m1/s1. The molecule has 4 aromatic rings. The minimum Gasteiger partial charge on any atom is -0.370 e. The summed E-state index contributed by atoms with van der Waals surface area (Å²) >= 11 is 6.62. The maximum Gasteiger partial charge on any atom is 0.173 e. The van der Waals surface area contributed by atoms with Gasteiger partial charge in [-0.05, 0) is 32.5 Å². The molecule has 0 aliphatic carbocycles. The van der Waals surface area contributed by atoms with Gasteiger partial charge in [0.05, 0.1) is 27.3 Å². The number of aryl methyl sites for hydroxylation is 1. The van der Waals surface area contributed by atoms with Crippen LogP contribution in [0.2, 0.25) is 5.02 Å². The Morgan fingerprint density at radius 2 is 2.14 bits per heavy atom. The molecule has 0 bridgehead atoms. The van der Waals surface area contributed by atoms with E-state index in [1.165, 1.54) is 6.07 Å². The number of anilines is 3. The third-order valence-electron chi connectivity index (χ3n) is 5.45. The summed E-state index contributed by atoms with van der Waals surface area (Å²) in [5.74, 6) is 0.158. The number of nitrogens with one attached hydrogen (secondary N) is 3. The first kappa shape index (κ1) is 18.2. The Hall–Kier alpha value is -2.84. The summed E-state index contributed by atoms with van der Waals surface area (Å²) in [4.78, 5) is 6.49. The molecule has 1 aliphatic heterocycles. The molecule has 150 valence electrons. The van der Waals surface area contributed by atoms with E-state index in [1.54, 1.807) is 16.8 Å². The Morgan fingerprint density at radius 1 is 1.28 bits per heavy atom. The molecule has 7 nitrogen and oxygen atoms in total. The van der Waals surface area contributed by atoms with Crippen molar-refractivity contribution >= 4 is 45.3 Å². The van der Waals surface area contributed by atoms with Crippen molar-refractivity contribution in [3.8, 4) is 0 Å². The third-order valence-corrected chi connectivity index (χ3v) is 5.75. The number of likely N-dealkylation sites (N-methyl/N-ethyl adjacent to an activating group) is 1. The van der Waals surface area contributed by atoms with Crippen molar-refractivity contribution in [3.05, 3.63) is 47.1 Å². The van der Waals surface area contributed by atoms with E-state index in [4.69, 9.17) is 11.6 Å². The monoisotopic (exact) mass is 413 g/mol. The van der Waals surface area contributed by atoms with E-state index < -0.39 is 5.82 Å². The summed E-state index contributed by atoms with van der Waals surface area (Å²) in [6, 6.07) is 5.92. The molecule has 4 heterocycles. The molecule has 5 rings (SSSR count). The summed E-state index contributed by atoms with van der Waals surface area (Å²) in [5, 5.41) is 15.3. The first-order chi connectivity index (χ1) is 14.0. The van der Waals surface area contributed by atoms with Crippen LogP contribution < -0.4 is 15.5 Å². The van der Waals surface area contributed by atoms with Crippen molar-refractivity contribution in [2.24, 2.45) is 0 Å². The number of aromatic nitrogens is 4. The van der Waals surface area contributed by atoms with Crippen molar-refractivity contribution in [2.45, 2.75) is 19.4 Å². The molecule has 3 aromatic heterocycles. The lowest BCUT2D eigenvalue weighted by atomic mass is 10.2. The van der Waals surface area contributed by atoms with Crippen LogP contribution in [-0.4, -0.2) is 45.8 Å². The number of halogens is 2. The fourth-order valence-electron chi connectivity index (χ4n) is 3.98. The number of nitrogens with zero attached hydrogens (tertiary/aromatic N) is 4.